The smallest absolute Gasteiger partial charge is 0.274 e. The molecular weight excluding hydrogens is 296 g/mol. The van der Waals surface area contributed by atoms with Crippen LogP contribution in [0.4, 0.5) is 0 Å². The molecule has 0 fully saturated rings. The fourth-order valence-electron chi connectivity index (χ4n) is 2.17. The number of carbonyl (C=O) groups is 1. The van der Waals surface area contributed by atoms with E-state index in [-0.39, 0.29) is 12.2 Å². The van der Waals surface area contributed by atoms with Crippen LogP contribution in [0.3, 0.4) is 0 Å². The van der Waals surface area contributed by atoms with Gasteiger partial charge in [-0.25, -0.2) is 4.98 Å². The SMILES string of the molecule is Cc1ccc(-c2ocnc2C(=O)NC[C@H](O)c2ccco2)cc1. The second kappa shape index (κ2) is 6.50. The highest BCUT2D eigenvalue weighted by Crippen LogP contribution is 2.23. The van der Waals surface area contributed by atoms with Crippen molar-refractivity contribution in [3.63, 3.8) is 0 Å². The van der Waals surface area contributed by atoms with E-state index in [0.29, 0.717) is 11.5 Å². The number of nitrogens with one attached hydrogen (secondary N) is 1. The fourth-order valence-corrected chi connectivity index (χ4v) is 2.17. The summed E-state index contributed by atoms with van der Waals surface area (Å²) in [7, 11) is 0. The van der Waals surface area contributed by atoms with Gasteiger partial charge in [-0.3, -0.25) is 4.79 Å². The van der Waals surface area contributed by atoms with Gasteiger partial charge in [0.2, 0.25) is 0 Å². The third kappa shape index (κ3) is 3.32. The molecular formula is C17H16N2O4. The molecule has 0 aliphatic heterocycles. The van der Waals surface area contributed by atoms with Crippen LogP contribution in [0, 0.1) is 6.92 Å². The van der Waals surface area contributed by atoms with Gasteiger partial charge in [0.05, 0.1) is 12.8 Å². The Morgan fingerprint density at radius 3 is 2.74 bits per heavy atom. The van der Waals surface area contributed by atoms with Crippen molar-refractivity contribution in [3.05, 3.63) is 66.1 Å². The molecule has 0 unspecified atom stereocenters. The Morgan fingerprint density at radius 2 is 2.04 bits per heavy atom. The first-order chi connectivity index (χ1) is 11.1. The molecule has 118 valence electrons. The summed E-state index contributed by atoms with van der Waals surface area (Å²) in [6.07, 6.45) is 1.78. The zero-order valence-electron chi connectivity index (χ0n) is 12.5. The maximum Gasteiger partial charge on any atom is 0.274 e. The molecule has 1 aromatic carbocycles. The molecule has 0 spiro atoms. The van der Waals surface area contributed by atoms with Crippen molar-refractivity contribution >= 4 is 5.91 Å². The molecule has 1 atom stereocenters. The first-order valence-electron chi connectivity index (χ1n) is 7.15. The zero-order valence-corrected chi connectivity index (χ0v) is 12.5. The molecule has 3 aromatic rings. The number of aromatic nitrogens is 1. The topological polar surface area (TPSA) is 88.5 Å². The van der Waals surface area contributed by atoms with Crippen molar-refractivity contribution in [2.24, 2.45) is 0 Å². The Morgan fingerprint density at radius 1 is 1.26 bits per heavy atom. The molecule has 3 rings (SSSR count). The minimum atomic E-state index is -0.913. The number of hydrogen-bond acceptors (Lipinski definition) is 5. The summed E-state index contributed by atoms with van der Waals surface area (Å²) in [5.41, 5.74) is 2.06. The van der Waals surface area contributed by atoms with E-state index in [2.05, 4.69) is 10.3 Å². The van der Waals surface area contributed by atoms with Gasteiger partial charge in [-0.2, -0.15) is 0 Å². The lowest BCUT2D eigenvalue weighted by atomic mass is 10.1. The first-order valence-corrected chi connectivity index (χ1v) is 7.15. The third-order valence-corrected chi connectivity index (χ3v) is 3.42. The van der Waals surface area contributed by atoms with Crippen LogP contribution in [-0.4, -0.2) is 22.5 Å². The van der Waals surface area contributed by atoms with Gasteiger partial charge in [-0.1, -0.05) is 29.8 Å². The molecule has 6 heteroatoms. The number of furan rings is 1. The number of nitrogens with zero attached hydrogens (tertiary/aromatic N) is 1. The second-order valence-corrected chi connectivity index (χ2v) is 5.14. The van der Waals surface area contributed by atoms with Crippen molar-refractivity contribution in [3.8, 4) is 11.3 Å². The van der Waals surface area contributed by atoms with Gasteiger partial charge in [0.25, 0.3) is 5.91 Å². The van der Waals surface area contributed by atoms with E-state index < -0.39 is 12.0 Å². The predicted molar refractivity (Wildman–Crippen MR) is 82.7 cm³/mol. The summed E-state index contributed by atoms with van der Waals surface area (Å²) >= 11 is 0. The van der Waals surface area contributed by atoms with E-state index in [4.69, 9.17) is 8.83 Å². The molecule has 2 heterocycles. The van der Waals surface area contributed by atoms with Crippen molar-refractivity contribution in [2.45, 2.75) is 13.0 Å². The minimum Gasteiger partial charge on any atom is -0.467 e. The Labute approximate surface area is 132 Å². The van der Waals surface area contributed by atoms with Gasteiger partial charge in [0, 0.05) is 5.56 Å². The van der Waals surface area contributed by atoms with Crippen LogP contribution < -0.4 is 5.32 Å². The fraction of sp³-hybridized carbons (Fsp3) is 0.176. The molecule has 1 amide bonds. The molecule has 2 aromatic heterocycles. The van der Waals surface area contributed by atoms with Crippen LogP contribution in [-0.2, 0) is 0 Å². The summed E-state index contributed by atoms with van der Waals surface area (Å²) in [6.45, 7) is 2.00. The van der Waals surface area contributed by atoms with Crippen LogP contribution in [0.25, 0.3) is 11.3 Å². The number of aryl methyl sites for hydroxylation is 1. The molecule has 23 heavy (non-hydrogen) atoms. The lowest BCUT2D eigenvalue weighted by molar-refractivity contribution is 0.0897. The highest BCUT2D eigenvalue weighted by molar-refractivity contribution is 5.97. The normalized spacial score (nSPS) is 12.1. The van der Waals surface area contributed by atoms with E-state index >= 15 is 0 Å². The van der Waals surface area contributed by atoms with Gasteiger partial charge in [0.1, 0.15) is 11.9 Å². The number of carbonyl (C=O) groups excluding carboxylic acids is 1. The van der Waals surface area contributed by atoms with Crippen LogP contribution in [0.2, 0.25) is 0 Å². The van der Waals surface area contributed by atoms with Crippen molar-refractivity contribution < 1.29 is 18.7 Å². The molecule has 6 nitrogen and oxygen atoms in total. The number of rotatable bonds is 5. The highest BCUT2D eigenvalue weighted by Gasteiger charge is 2.19. The number of benzene rings is 1. The van der Waals surface area contributed by atoms with Crippen molar-refractivity contribution in [2.75, 3.05) is 6.54 Å². The lowest BCUT2D eigenvalue weighted by Crippen LogP contribution is -2.28. The van der Waals surface area contributed by atoms with E-state index in [9.17, 15) is 9.90 Å². The van der Waals surface area contributed by atoms with Gasteiger partial charge < -0.3 is 19.3 Å². The third-order valence-electron chi connectivity index (χ3n) is 3.42. The highest BCUT2D eigenvalue weighted by atomic mass is 16.4. The molecule has 0 saturated carbocycles. The Bertz CT molecular complexity index is 775. The van der Waals surface area contributed by atoms with Gasteiger partial charge >= 0.3 is 0 Å². The Balaban J connectivity index is 1.71. The summed E-state index contributed by atoms with van der Waals surface area (Å²) in [6, 6.07) is 10.9. The van der Waals surface area contributed by atoms with Crippen molar-refractivity contribution in [1.29, 1.82) is 0 Å². The quantitative estimate of drug-likeness (QED) is 0.756. The zero-order chi connectivity index (χ0) is 16.2. The van der Waals surface area contributed by atoms with Crippen molar-refractivity contribution in [1.82, 2.24) is 10.3 Å². The second-order valence-electron chi connectivity index (χ2n) is 5.14. The minimum absolute atomic E-state index is 0.0204. The van der Waals surface area contributed by atoms with Gasteiger partial charge in [-0.05, 0) is 19.1 Å². The van der Waals surface area contributed by atoms with E-state index in [1.807, 2.05) is 31.2 Å². The Hall–Kier alpha value is -2.86. The number of hydrogen-bond donors (Lipinski definition) is 2. The standard InChI is InChI=1S/C17H16N2O4/c1-11-4-6-12(7-5-11)16-15(19-10-23-16)17(21)18-9-13(20)14-3-2-8-22-14/h2-8,10,13,20H,9H2,1H3,(H,18,21)/t13-/m0/s1. The predicted octanol–water partition coefficient (Wildman–Crippen LogP) is 2.71. The molecule has 0 radical (unpaired) electrons. The maximum atomic E-state index is 12.3. The molecule has 0 bridgehead atoms. The van der Waals surface area contributed by atoms with Crippen LogP contribution >= 0.6 is 0 Å². The number of amides is 1. The lowest BCUT2D eigenvalue weighted by Gasteiger charge is -2.09. The molecule has 0 aliphatic carbocycles. The summed E-state index contributed by atoms with van der Waals surface area (Å²) in [5, 5.41) is 12.5. The van der Waals surface area contributed by atoms with E-state index in [1.165, 1.54) is 12.7 Å². The summed E-state index contributed by atoms with van der Waals surface area (Å²) < 4.78 is 10.4. The average molecular weight is 312 g/mol. The van der Waals surface area contributed by atoms with Gasteiger partial charge in [-0.15, -0.1) is 0 Å². The average Bonchev–Trinajstić information content (AvgIpc) is 3.24. The number of aliphatic hydroxyl groups is 1. The van der Waals surface area contributed by atoms with E-state index in [0.717, 1.165) is 11.1 Å². The summed E-state index contributed by atoms with van der Waals surface area (Å²) in [4.78, 5) is 16.2. The largest absolute Gasteiger partial charge is 0.467 e. The monoisotopic (exact) mass is 312 g/mol. The maximum absolute atomic E-state index is 12.3. The molecule has 0 saturated heterocycles. The molecule has 0 aliphatic rings. The van der Waals surface area contributed by atoms with Gasteiger partial charge in [0.15, 0.2) is 17.8 Å². The Kier molecular flexibility index (Phi) is 4.25. The first kappa shape index (κ1) is 15.1. The number of aliphatic hydroxyl groups excluding tert-OH is 1. The number of oxazole rings is 1. The molecule has 2 N–H and O–H groups in total. The van der Waals surface area contributed by atoms with Crippen LogP contribution in [0.15, 0.2) is 57.9 Å². The van der Waals surface area contributed by atoms with E-state index in [1.54, 1.807) is 12.1 Å². The van der Waals surface area contributed by atoms with Crippen LogP contribution in [0.1, 0.15) is 27.9 Å². The van der Waals surface area contributed by atoms with Crippen LogP contribution in [0.5, 0.6) is 0 Å². The summed E-state index contributed by atoms with van der Waals surface area (Å²) in [5.74, 6) is 0.374.